The molecule has 1 aliphatic rings. The molecule has 0 radical (unpaired) electrons. The van der Waals surface area contributed by atoms with Gasteiger partial charge in [0.05, 0.1) is 32.0 Å². The summed E-state index contributed by atoms with van der Waals surface area (Å²) in [5, 5.41) is 12.5. The highest BCUT2D eigenvalue weighted by Crippen LogP contribution is 2.20. The Morgan fingerprint density at radius 2 is 2.18 bits per heavy atom. The predicted octanol–water partition coefficient (Wildman–Crippen LogP) is 0.459. The van der Waals surface area contributed by atoms with E-state index in [0.29, 0.717) is 25.9 Å². The van der Waals surface area contributed by atoms with Crippen LogP contribution in [0.1, 0.15) is 32.6 Å². The fourth-order valence-corrected chi connectivity index (χ4v) is 1.91. The fraction of sp³-hybridized carbons (Fsp3) is 0.917. The number of aliphatic hydroxyl groups excluding tert-OH is 1. The number of esters is 1. The van der Waals surface area contributed by atoms with Gasteiger partial charge >= 0.3 is 5.97 Å². The van der Waals surface area contributed by atoms with Crippen LogP contribution in [-0.4, -0.2) is 49.6 Å². The summed E-state index contributed by atoms with van der Waals surface area (Å²) in [4.78, 5) is 11.0. The average Bonchev–Trinajstić information content (AvgIpc) is 2.79. The van der Waals surface area contributed by atoms with Gasteiger partial charge in [-0.15, -0.1) is 0 Å². The van der Waals surface area contributed by atoms with Crippen LogP contribution < -0.4 is 5.32 Å². The zero-order valence-electron chi connectivity index (χ0n) is 10.5. The average molecular weight is 245 g/mol. The third kappa shape index (κ3) is 6.61. The second kappa shape index (κ2) is 8.44. The summed E-state index contributed by atoms with van der Waals surface area (Å²) >= 11 is 0. The van der Waals surface area contributed by atoms with E-state index in [2.05, 4.69) is 5.32 Å². The van der Waals surface area contributed by atoms with E-state index in [4.69, 9.17) is 9.47 Å². The van der Waals surface area contributed by atoms with Crippen molar-refractivity contribution in [2.75, 3.05) is 26.3 Å². The molecule has 5 nitrogen and oxygen atoms in total. The fourth-order valence-electron chi connectivity index (χ4n) is 1.91. The SMILES string of the molecule is CCOC(=O)CNCC(O)COC1CCCC1. The molecular weight excluding hydrogens is 222 g/mol. The highest BCUT2D eigenvalue weighted by molar-refractivity contribution is 5.71. The minimum Gasteiger partial charge on any atom is -0.465 e. The van der Waals surface area contributed by atoms with Crippen molar-refractivity contribution in [2.45, 2.75) is 44.8 Å². The molecule has 0 aromatic rings. The highest BCUT2D eigenvalue weighted by atomic mass is 16.5. The lowest BCUT2D eigenvalue weighted by atomic mass is 10.3. The summed E-state index contributed by atoms with van der Waals surface area (Å²) in [5.41, 5.74) is 0. The minimum absolute atomic E-state index is 0.133. The largest absolute Gasteiger partial charge is 0.465 e. The second-order valence-electron chi connectivity index (χ2n) is 4.33. The van der Waals surface area contributed by atoms with E-state index in [1.165, 1.54) is 12.8 Å². The number of aliphatic hydroxyl groups is 1. The molecule has 2 N–H and O–H groups in total. The predicted molar refractivity (Wildman–Crippen MR) is 63.7 cm³/mol. The normalized spacial score (nSPS) is 18.2. The van der Waals surface area contributed by atoms with E-state index in [-0.39, 0.29) is 12.5 Å². The maximum atomic E-state index is 11.0. The maximum Gasteiger partial charge on any atom is 0.319 e. The summed E-state index contributed by atoms with van der Waals surface area (Å²) < 4.78 is 10.3. The molecule has 0 aromatic heterocycles. The molecule has 5 heteroatoms. The molecule has 1 fully saturated rings. The van der Waals surface area contributed by atoms with E-state index in [9.17, 15) is 9.90 Å². The van der Waals surface area contributed by atoms with E-state index in [0.717, 1.165) is 12.8 Å². The maximum absolute atomic E-state index is 11.0. The Balaban J connectivity index is 1.96. The van der Waals surface area contributed by atoms with Gasteiger partial charge in [-0.2, -0.15) is 0 Å². The second-order valence-corrected chi connectivity index (χ2v) is 4.33. The first kappa shape index (κ1) is 14.4. The lowest BCUT2D eigenvalue weighted by molar-refractivity contribution is -0.142. The smallest absolute Gasteiger partial charge is 0.319 e. The molecule has 0 spiro atoms. The van der Waals surface area contributed by atoms with Gasteiger partial charge in [0.15, 0.2) is 0 Å². The third-order valence-electron chi connectivity index (χ3n) is 2.78. The first-order valence-corrected chi connectivity index (χ1v) is 6.38. The van der Waals surface area contributed by atoms with Gasteiger partial charge in [-0.25, -0.2) is 0 Å². The van der Waals surface area contributed by atoms with Gasteiger partial charge < -0.3 is 19.9 Å². The van der Waals surface area contributed by atoms with Gasteiger partial charge in [0.2, 0.25) is 0 Å². The lowest BCUT2D eigenvalue weighted by Crippen LogP contribution is -2.35. The van der Waals surface area contributed by atoms with Crippen molar-refractivity contribution < 1.29 is 19.4 Å². The summed E-state index contributed by atoms with van der Waals surface area (Å²) in [7, 11) is 0. The number of hydrogen-bond donors (Lipinski definition) is 2. The molecule has 17 heavy (non-hydrogen) atoms. The molecule has 0 heterocycles. The van der Waals surface area contributed by atoms with Crippen LogP contribution in [0.15, 0.2) is 0 Å². The number of ether oxygens (including phenoxy) is 2. The zero-order chi connectivity index (χ0) is 12.5. The van der Waals surface area contributed by atoms with Crippen molar-refractivity contribution >= 4 is 5.97 Å². The Hall–Kier alpha value is -0.650. The summed E-state index contributed by atoms with van der Waals surface area (Å²) in [6.07, 6.45) is 4.40. The Labute approximate surface area is 102 Å². The number of rotatable bonds is 8. The Bertz CT molecular complexity index is 217. The van der Waals surface area contributed by atoms with E-state index in [1.54, 1.807) is 6.92 Å². The molecule has 1 atom stereocenters. The van der Waals surface area contributed by atoms with Crippen molar-refractivity contribution in [3.05, 3.63) is 0 Å². The van der Waals surface area contributed by atoms with Gasteiger partial charge in [-0.05, 0) is 19.8 Å². The van der Waals surface area contributed by atoms with Gasteiger partial charge in [-0.1, -0.05) is 12.8 Å². The molecule has 1 rings (SSSR count). The molecule has 100 valence electrons. The Kier molecular flexibility index (Phi) is 7.16. The summed E-state index contributed by atoms with van der Waals surface area (Å²) in [6.45, 7) is 2.97. The standard InChI is InChI=1S/C12H23NO4/c1-2-16-12(15)8-13-7-10(14)9-17-11-5-3-4-6-11/h10-11,13-14H,2-9H2,1H3. The minimum atomic E-state index is -0.565. The van der Waals surface area contributed by atoms with Crippen LogP contribution in [0, 0.1) is 0 Å². The van der Waals surface area contributed by atoms with E-state index in [1.807, 2.05) is 0 Å². The zero-order valence-corrected chi connectivity index (χ0v) is 10.5. The lowest BCUT2D eigenvalue weighted by Gasteiger charge is -2.15. The van der Waals surface area contributed by atoms with Gasteiger partial charge in [0, 0.05) is 6.54 Å². The first-order chi connectivity index (χ1) is 8.22. The van der Waals surface area contributed by atoms with Crippen LogP contribution in [0.5, 0.6) is 0 Å². The highest BCUT2D eigenvalue weighted by Gasteiger charge is 2.16. The van der Waals surface area contributed by atoms with Gasteiger partial charge in [0.1, 0.15) is 0 Å². The molecule has 0 amide bonds. The third-order valence-corrected chi connectivity index (χ3v) is 2.78. The molecule has 0 saturated heterocycles. The molecule has 0 aliphatic heterocycles. The summed E-state index contributed by atoms with van der Waals surface area (Å²) in [5.74, 6) is -0.295. The van der Waals surface area contributed by atoms with E-state index < -0.39 is 6.10 Å². The molecule has 0 bridgehead atoms. The molecule has 1 saturated carbocycles. The first-order valence-electron chi connectivity index (χ1n) is 6.38. The van der Waals surface area contributed by atoms with Crippen LogP contribution in [0.25, 0.3) is 0 Å². The molecule has 1 unspecified atom stereocenters. The number of carbonyl (C=O) groups excluding carboxylic acids is 1. The van der Waals surface area contributed by atoms with Gasteiger partial charge in [0.25, 0.3) is 0 Å². The van der Waals surface area contributed by atoms with Crippen molar-refractivity contribution in [1.82, 2.24) is 5.32 Å². The van der Waals surface area contributed by atoms with Crippen LogP contribution in [-0.2, 0) is 14.3 Å². The van der Waals surface area contributed by atoms with Crippen molar-refractivity contribution in [1.29, 1.82) is 0 Å². The molecule has 0 aromatic carbocycles. The Morgan fingerprint density at radius 3 is 2.82 bits per heavy atom. The van der Waals surface area contributed by atoms with E-state index >= 15 is 0 Å². The quantitative estimate of drug-likeness (QED) is 0.608. The van der Waals surface area contributed by atoms with Crippen molar-refractivity contribution in [3.8, 4) is 0 Å². The summed E-state index contributed by atoms with van der Waals surface area (Å²) in [6, 6.07) is 0. The van der Waals surface area contributed by atoms with Crippen LogP contribution in [0.4, 0.5) is 0 Å². The topological polar surface area (TPSA) is 67.8 Å². The van der Waals surface area contributed by atoms with Gasteiger partial charge in [-0.3, -0.25) is 4.79 Å². The van der Waals surface area contributed by atoms with Crippen molar-refractivity contribution in [2.24, 2.45) is 0 Å². The number of carbonyl (C=O) groups is 1. The van der Waals surface area contributed by atoms with Crippen LogP contribution in [0.3, 0.4) is 0 Å². The monoisotopic (exact) mass is 245 g/mol. The number of nitrogens with one attached hydrogen (secondary N) is 1. The Morgan fingerprint density at radius 1 is 1.47 bits per heavy atom. The molecule has 1 aliphatic carbocycles. The van der Waals surface area contributed by atoms with Crippen LogP contribution in [0.2, 0.25) is 0 Å². The molecular formula is C12H23NO4. The van der Waals surface area contributed by atoms with Crippen molar-refractivity contribution in [3.63, 3.8) is 0 Å². The number of hydrogen-bond acceptors (Lipinski definition) is 5. The van der Waals surface area contributed by atoms with Crippen LogP contribution >= 0.6 is 0 Å².